The van der Waals surface area contributed by atoms with Crippen LogP contribution in [-0.4, -0.2) is 50.4 Å². The molecule has 0 spiro atoms. The summed E-state index contributed by atoms with van der Waals surface area (Å²) in [6, 6.07) is 6.10. The molecule has 2 unspecified atom stereocenters. The lowest BCUT2D eigenvalue weighted by atomic mass is 10.1. The summed E-state index contributed by atoms with van der Waals surface area (Å²) in [4.78, 5) is 24.2. The fraction of sp³-hybridized carbons (Fsp3) is 0.333. The molecule has 35 heavy (non-hydrogen) atoms. The predicted molar refractivity (Wildman–Crippen MR) is 138 cm³/mol. The minimum absolute atomic E-state index is 0.0105. The van der Waals surface area contributed by atoms with E-state index in [-0.39, 0.29) is 24.5 Å². The van der Waals surface area contributed by atoms with Gasteiger partial charge in [0.2, 0.25) is 11.8 Å². The first-order valence-corrected chi connectivity index (χ1v) is 14.0. The number of allylic oxidation sites excluding steroid dienone is 1. The third kappa shape index (κ3) is 5.99. The van der Waals surface area contributed by atoms with Gasteiger partial charge in [0.25, 0.3) is 0 Å². The number of ether oxygens (including phenoxy) is 1. The van der Waals surface area contributed by atoms with Crippen molar-refractivity contribution in [3.05, 3.63) is 47.2 Å². The molecule has 11 nitrogen and oxygen atoms in total. The Morgan fingerprint density at radius 1 is 1.37 bits per heavy atom. The fourth-order valence-corrected chi connectivity index (χ4v) is 6.32. The molecule has 3 aromatic rings. The SMILES string of the molecule is COc1nc(N)nc2c1ncn2[C@H]1C=C[C@@H](COP(=S)(NC(C)C(=O)O)Oc2ccc(Br)cc2)C1. The third-order valence-electron chi connectivity index (χ3n) is 5.33. The zero-order chi connectivity index (χ0) is 25.2. The average molecular weight is 583 g/mol. The number of carboxylic acids is 1. The van der Waals surface area contributed by atoms with Crippen LogP contribution in [0, 0.1) is 5.92 Å². The number of carbonyl (C=O) groups is 1. The van der Waals surface area contributed by atoms with Crippen LogP contribution in [-0.2, 0) is 21.1 Å². The number of methoxy groups -OCH3 is 1. The molecule has 0 saturated carbocycles. The summed E-state index contributed by atoms with van der Waals surface area (Å²) < 4.78 is 20.1. The Labute approximate surface area is 215 Å². The summed E-state index contributed by atoms with van der Waals surface area (Å²) >= 11 is 9.03. The molecular formula is C21H24BrN6O5PS. The van der Waals surface area contributed by atoms with Gasteiger partial charge in [-0.1, -0.05) is 28.1 Å². The number of halogens is 1. The molecule has 0 bridgehead atoms. The zero-order valence-corrected chi connectivity index (χ0v) is 22.2. The monoisotopic (exact) mass is 582 g/mol. The fourth-order valence-electron chi connectivity index (χ4n) is 3.58. The van der Waals surface area contributed by atoms with E-state index in [9.17, 15) is 9.90 Å². The predicted octanol–water partition coefficient (Wildman–Crippen LogP) is 3.68. The highest BCUT2D eigenvalue weighted by molar-refractivity contribution is 9.10. The number of benzene rings is 1. The summed E-state index contributed by atoms with van der Waals surface area (Å²) in [5.74, 6) is -0.138. The van der Waals surface area contributed by atoms with Crippen LogP contribution in [0.4, 0.5) is 5.95 Å². The van der Waals surface area contributed by atoms with Gasteiger partial charge in [-0.15, -0.1) is 0 Å². The molecule has 0 fully saturated rings. The molecular weight excluding hydrogens is 559 g/mol. The number of hydrogen-bond donors (Lipinski definition) is 3. The van der Waals surface area contributed by atoms with Crippen molar-refractivity contribution in [3.63, 3.8) is 0 Å². The van der Waals surface area contributed by atoms with Crippen molar-refractivity contribution in [1.82, 2.24) is 24.6 Å². The summed E-state index contributed by atoms with van der Waals surface area (Å²) in [5.41, 5.74) is 6.93. The Balaban J connectivity index is 1.46. The van der Waals surface area contributed by atoms with Crippen molar-refractivity contribution >= 4 is 57.5 Å². The number of nitrogens with one attached hydrogen (secondary N) is 1. The Morgan fingerprint density at radius 3 is 2.80 bits per heavy atom. The first kappa shape index (κ1) is 25.5. The number of anilines is 1. The van der Waals surface area contributed by atoms with E-state index in [1.165, 1.54) is 14.0 Å². The second kappa shape index (κ2) is 10.6. The number of hydrogen-bond acceptors (Lipinski definition) is 9. The third-order valence-corrected chi connectivity index (χ3v) is 8.36. The molecule has 2 aromatic heterocycles. The summed E-state index contributed by atoms with van der Waals surface area (Å²) in [6.45, 7) is -1.44. The van der Waals surface area contributed by atoms with Crippen molar-refractivity contribution in [1.29, 1.82) is 0 Å². The normalized spacial score (nSPS) is 20.0. The van der Waals surface area contributed by atoms with Gasteiger partial charge in [-0.3, -0.25) is 4.79 Å². The van der Waals surface area contributed by atoms with Gasteiger partial charge in [-0.05, 0) is 49.4 Å². The lowest BCUT2D eigenvalue weighted by Gasteiger charge is -2.26. The van der Waals surface area contributed by atoms with Crippen LogP contribution in [0.15, 0.2) is 47.2 Å². The lowest BCUT2D eigenvalue weighted by molar-refractivity contribution is -0.138. The minimum atomic E-state index is -3.17. The molecule has 1 aliphatic carbocycles. The first-order valence-electron chi connectivity index (χ1n) is 10.6. The van der Waals surface area contributed by atoms with Crippen LogP contribution in [0.5, 0.6) is 11.6 Å². The average Bonchev–Trinajstić information content (AvgIpc) is 3.45. The van der Waals surface area contributed by atoms with Gasteiger partial charge in [-0.25, -0.2) is 10.1 Å². The number of aromatic nitrogens is 4. The van der Waals surface area contributed by atoms with E-state index in [2.05, 4.69) is 36.0 Å². The molecule has 2 heterocycles. The van der Waals surface area contributed by atoms with Crippen LogP contribution < -0.4 is 20.1 Å². The number of nitrogen functional groups attached to an aromatic ring is 1. The molecule has 186 valence electrons. The maximum Gasteiger partial charge on any atom is 0.320 e. The largest absolute Gasteiger partial charge is 0.480 e. The molecule has 0 aliphatic heterocycles. The van der Waals surface area contributed by atoms with Crippen molar-refractivity contribution in [2.75, 3.05) is 19.5 Å². The second-order valence-electron chi connectivity index (χ2n) is 7.89. The molecule has 4 atom stereocenters. The maximum atomic E-state index is 11.4. The molecule has 1 aromatic carbocycles. The highest BCUT2D eigenvalue weighted by Crippen LogP contribution is 2.46. The number of carboxylic acid groups (broad SMARTS) is 1. The van der Waals surface area contributed by atoms with E-state index in [1.807, 2.05) is 16.7 Å². The van der Waals surface area contributed by atoms with Crippen molar-refractivity contribution < 1.29 is 23.7 Å². The van der Waals surface area contributed by atoms with Gasteiger partial charge in [0.15, 0.2) is 11.2 Å². The number of nitrogens with two attached hydrogens (primary N) is 1. The maximum absolute atomic E-state index is 11.4. The number of imidazole rings is 1. The Morgan fingerprint density at radius 2 is 2.11 bits per heavy atom. The lowest BCUT2D eigenvalue weighted by Crippen LogP contribution is -2.33. The van der Waals surface area contributed by atoms with E-state index < -0.39 is 18.7 Å². The second-order valence-corrected chi connectivity index (χ2v) is 11.9. The van der Waals surface area contributed by atoms with E-state index in [1.54, 1.807) is 30.6 Å². The van der Waals surface area contributed by atoms with Gasteiger partial charge in [-0.2, -0.15) is 9.97 Å². The van der Waals surface area contributed by atoms with E-state index in [4.69, 9.17) is 31.3 Å². The Hall–Kier alpha value is -2.57. The number of rotatable bonds is 10. The van der Waals surface area contributed by atoms with Gasteiger partial charge in [0, 0.05) is 10.4 Å². The van der Waals surface area contributed by atoms with Crippen LogP contribution in [0.1, 0.15) is 19.4 Å². The summed E-state index contributed by atoms with van der Waals surface area (Å²) in [6.07, 6.45) is 6.43. The van der Waals surface area contributed by atoms with E-state index in [0.29, 0.717) is 29.2 Å². The van der Waals surface area contributed by atoms with Crippen LogP contribution >= 0.6 is 22.6 Å². The van der Waals surface area contributed by atoms with E-state index in [0.717, 1.165) is 4.47 Å². The number of aliphatic carboxylic acids is 1. The number of nitrogens with zero attached hydrogens (tertiary/aromatic N) is 4. The van der Waals surface area contributed by atoms with Crippen LogP contribution in [0.2, 0.25) is 0 Å². The molecule has 0 amide bonds. The summed E-state index contributed by atoms with van der Waals surface area (Å²) in [5, 5.41) is 12.2. The molecule has 4 rings (SSSR count). The first-order chi connectivity index (χ1) is 16.7. The highest BCUT2D eigenvalue weighted by Gasteiger charge is 2.30. The van der Waals surface area contributed by atoms with Gasteiger partial charge >= 0.3 is 12.6 Å². The standard InChI is InChI=1S/C21H24BrN6O5PS/c1-12(20(29)30)27-34(35,33-16-7-4-14(22)5-8-16)32-10-13-3-6-15(9-13)28-11-24-17-18(28)25-21(23)26-19(17)31-2/h3-8,11-13,15H,9-10H2,1-2H3,(H,27,35)(H,29,30)(H2,23,25,26)/t12?,13-,15+,34?/m1/s1. The Bertz CT molecular complexity index is 1300. The van der Waals surface area contributed by atoms with E-state index >= 15 is 0 Å². The Kier molecular flexibility index (Phi) is 7.72. The van der Waals surface area contributed by atoms with Crippen molar-refractivity contribution in [2.24, 2.45) is 5.92 Å². The van der Waals surface area contributed by atoms with Crippen LogP contribution in [0.3, 0.4) is 0 Å². The summed E-state index contributed by atoms with van der Waals surface area (Å²) in [7, 11) is 1.50. The highest BCUT2D eigenvalue weighted by atomic mass is 79.9. The minimum Gasteiger partial charge on any atom is -0.480 e. The van der Waals surface area contributed by atoms with Crippen molar-refractivity contribution in [2.45, 2.75) is 25.4 Å². The van der Waals surface area contributed by atoms with Crippen LogP contribution in [0.25, 0.3) is 11.2 Å². The number of fused-ring (bicyclic) bond motifs is 1. The zero-order valence-electron chi connectivity index (χ0n) is 18.9. The molecule has 1 aliphatic rings. The molecule has 0 saturated heterocycles. The molecule has 4 N–H and O–H groups in total. The topological polar surface area (TPSA) is 147 Å². The molecule has 0 radical (unpaired) electrons. The van der Waals surface area contributed by atoms with Gasteiger partial charge < -0.3 is 29.2 Å². The van der Waals surface area contributed by atoms with Gasteiger partial charge in [0.05, 0.1) is 26.1 Å². The quantitative estimate of drug-likeness (QED) is 0.237. The van der Waals surface area contributed by atoms with Gasteiger partial charge in [0.1, 0.15) is 11.8 Å². The van der Waals surface area contributed by atoms with Crippen molar-refractivity contribution in [3.8, 4) is 11.6 Å². The smallest absolute Gasteiger partial charge is 0.320 e. The molecule has 14 heteroatoms.